The quantitative estimate of drug-likeness (QED) is 0.523. The Hall–Kier alpha value is -4.20. The van der Waals surface area contributed by atoms with E-state index < -0.39 is 6.10 Å². The van der Waals surface area contributed by atoms with Crippen LogP contribution in [0.25, 0.3) is 5.70 Å². The first-order chi connectivity index (χ1) is 15.7. The van der Waals surface area contributed by atoms with Gasteiger partial charge in [-0.3, -0.25) is 0 Å². The number of hydrogen-bond donors (Lipinski definition) is 1. The van der Waals surface area contributed by atoms with E-state index in [1.165, 1.54) is 12.1 Å². The number of fused-ring (bicyclic) bond motifs is 3. The van der Waals surface area contributed by atoms with Gasteiger partial charge >= 0.3 is 0 Å². The molecular formula is C24H18FN5O2. The van der Waals surface area contributed by atoms with E-state index in [1.54, 1.807) is 17.9 Å². The van der Waals surface area contributed by atoms with E-state index in [0.29, 0.717) is 17.3 Å². The molecule has 1 N–H and O–H groups in total. The molecule has 0 radical (unpaired) electrons. The maximum Gasteiger partial charge on any atom is 0.248 e. The van der Waals surface area contributed by atoms with Gasteiger partial charge in [-0.05, 0) is 58.0 Å². The lowest BCUT2D eigenvalue weighted by atomic mass is 9.84. The van der Waals surface area contributed by atoms with Gasteiger partial charge in [-0.25, -0.2) is 4.39 Å². The second-order valence-electron chi connectivity index (χ2n) is 7.63. The number of rotatable bonds is 3. The topological polar surface area (TPSA) is 74.1 Å². The van der Waals surface area contributed by atoms with Crippen molar-refractivity contribution in [1.82, 2.24) is 20.2 Å². The molecule has 0 spiro atoms. The zero-order valence-corrected chi connectivity index (χ0v) is 17.1. The second-order valence-corrected chi connectivity index (χ2v) is 7.63. The van der Waals surface area contributed by atoms with Crippen molar-refractivity contribution < 1.29 is 13.9 Å². The van der Waals surface area contributed by atoms with Crippen molar-refractivity contribution in [3.63, 3.8) is 0 Å². The van der Waals surface area contributed by atoms with Crippen LogP contribution in [0, 0.1) is 5.82 Å². The Kier molecular flexibility index (Phi) is 4.17. The summed E-state index contributed by atoms with van der Waals surface area (Å²) in [5.41, 5.74) is 4.34. The molecule has 3 heterocycles. The normalized spacial score (nSPS) is 18.7. The molecule has 4 aromatic rings. The average Bonchev–Trinajstić information content (AvgIpc) is 3.30. The summed E-state index contributed by atoms with van der Waals surface area (Å²) < 4.78 is 27.7. The van der Waals surface area contributed by atoms with Crippen LogP contribution in [-0.2, 0) is 0 Å². The highest BCUT2D eigenvalue weighted by Gasteiger charge is 2.41. The van der Waals surface area contributed by atoms with Crippen LogP contribution in [0.2, 0.25) is 0 Å². The maximum atomic E-state index is 14.2. The van der Waals surface area contributed by atoms with E-state index in [0.717, 1.165) is 28.1 Å². The van der Waals surface area contributed by atoms with Gasteiger partial charge in [0.05, 0.1) is 12.8 Å². The summed E-state index contributed by atoms with van der Waals surface area (Å²) in [4.78, 5) is 0. The molecule has 0 unspecified atom stereocenters. The number of methoxy groups -OCH3 is 1. The number of aromatic nitrogens is 4. The van der Waals surface area contributed by atoms with Gasteiger partial charge in [0.15, 0.2) is 0 Å². The molecule has 0 saturated heterocycles. The molecule has 2 aliphatic heterocycles. The van der Waals surface area contributed by atoms with Crippen LogP contribution in [0.5, 0.6) is 11.5 Å². The number of halogens is 1. The summed E-state index contributed by atoms with van der Waals surface area (Å²) in [5.74, 6) is 1.67. The van der Waals surface area contributed by atoms with Crippen LogP contribution < -0.4 is 14.8 Å². The molecule has 32 heavy (non-hydrogen) atoms. The van der Waals surface area contributed by atoms with Gasteiger partial charge in [-0.1, -0.05) is 41.5 Å². The predicted molar refractivity (Wildman–Crippen MR) is 116 cm³/mol. The van der Waals surface area contributed by atoms with Crippen LogP contribution in [-0.4, -0.2) is 27.3 Å². The van der Waals surface area contributed by atoms with Crippen molar-refractivity contribution in [3.05, 3.63) is 101 Å². The lowest BCUT2D eigenvalue weighted by Crippen LogP contribution is -2.32. The fourth-order valence-electron chi connectivity index (χ4n) is 4.39. The fourth-order valence-corrected chi connectivity index (χ4v) is 4.39. The number of para-hydroxylation sites is 1. The van der Waals surface area contributed by atoms with Crippen LogP contribution >= 0.6 is 0 Å². The van der Waals surface area contributed by atoms with E-state index >= 15 is 0 Å². The summed E-state index contributed by atoms with van der Waals surface area (Å²) >= 11 is 0. The molecule has 0 aliphatic carbocycles. The smallest absolute Gasteiger partial charge is 0.248 e. The van der Waals surface area contributed by atoms with E-state index in [4.69, 9.17) is 9.47 Å². The summed E-state index contributed by atoms with van der Waals surface area (Å²) in [7, 11) is 1.63. The highest BCUT2D eigenvalue weighted by Crippen LogP contribution is 2.50. The lowest BCUT2D eigenvalue weighted by molar-refractivity contribution is 0.222. The van der Waals surface area contributed by atoms with Crippen molar-refractivity contribution in [1.29, 1.82) is 0 Å². The van der Waals surface area contributed by atoms with Gasteiger partial charge in [0.2, 0.25) is 5.95 Å². The highest BCUT2D eigenvalue weighted by molar-refractivity contribution is 5.85. The Morgan fingerprint density at radius 2 is 1.84 bits per heavy atom. The van der Waals surface area contributed by atoms with E-state index in [9.17, 15) is 4.39 Å². The zero-order valence-electron chi connectivity index (χ0n) is 17.1. The number of benzene rings is 3. The van der Waals surface area contributed by atoms with Crippen molar-refractivity contribution in [2.24, 2.45) is 0 Å². The first-order valence-electron chi connectivity index (χ1n) is 10.2. The molecule has 2 atom stereocenters. The monoisotopic (exact) mass is 427 g/mol. The number of nitrogens with one attached hydrogen (secondary N) is 1. The van der Waals surface area contributed by atoms with E-state index in [2.05, 4.69) is 20.8 Å². The molecule has 7 nitrogen and oxygen atoms in total. The summed E-state index contributed by atoms with van der Waals surface area (Å²) in [6.07, 6.45) is -0.535. The number of tetrazole rings is 1. The highest BCUT2D eigenvalue weighted by atomic mass is 19.1. The van der Waals surface area contributed by atoms with Gasteiger partial charge in [0.1, 0.15) is 29.5 Å². The predicted octanol–water partition coefficient (Wildman–Crippen LogP) is 4.38. The molecule has 0 saturated carbocycles. The van der Waals surface area contributed by atoms with Gasteiger partial charge in [0, 0.05) is 11.1 Å². The molecule has 2 aliphatic rings. The molecular weight excluding hydrogens is 409 g/mol. The van der Waals surface area contributed by atoms with Crippen molar-refractivity contribution in [3.8, 4) is 11.5 Å². The summed E-state index contributed by atoms with van der Waals surface area (Å²) in [5, 5.41) is 15.7. The Balaban J connectivity index is 1.61. The minimum Gasteiger partial charge on any atom is -0.497 e. The zero-order chi connectivity index (χ0) is 21.7. The number of hydrogen-bond acceptors (Lipinski definition) is 6. The third-order valence-electron chi connectivity index (χ3n) is 5.82. The fraction of sp³-hybridized carbons (Fsp3) is 0.125. The van der Waals surface area contributed by atoms with Gasteiger partial charge in [-0.2, -0.15) is 4.68 Å². The van der Waals surface area contributed by atoms with Gasteiger partial charge < -0.3 is 14.8 Å². The molecule has 8 heteroatoms. The average molecular weight is 427 g/mol. The largest absolute Gasteiger partial charge is 0.497 e. The molecule has 0 bridgehead atoms. The van der Waals surface area contributed by atoms with Crippen LogP contribution in [0.3, 0.4) is 0 Å². The first-order valence-corrected chi connectivity index (χ1v) is 10.2. The summed E-state index contributed by atoms with van der Waals surface area (Å²) in [6.45, 7) is 0. The number of anilines is 1. The van der Waals surface area contributed by atoms with Crippen LogP contribution in [0.15, 0.2) is 78.4 Å². The van der Waals surface area contributed by atoms with Crippen LogP contribution in [0.1, 0.15) is 28.8 Å². The molecule has 0 amide bonds. The van der Waals surface area contributed by atoms with Crippen molar-refractivity contribution in [2.75, 3.05) is 12.4 Å². The first kappa shape index (κ1) is 18.6. The van der Waals surface area contributed by atoms with E-state index in [1.807, 2.05) is 54.6 Å². The third-order valence-corrected chi connectivity index (χ3v) is 5.82. The summed E-state index contributed by atoms with van der Waals surface area (Å²) in [6, 6.07) is 21.7. The lowest BCUT2D eigenvalue weighted by Gasteiger charge is -2.38. The van der Waals surface area contributed by atoms with Gasteiger partial charge in [-0.15, -0.1) is 0 Å². The number of nitrogens with zero attached hydrogens (tertiary/aromatic N) is 4. The Morgan fingerprint density at radius 1 is 1.00 bits per heavy atom. The molecule has 3 aromatic carbocycles. The Labute approximate surface area is 183 Å². The molecule has 1 aromatic heterocycles. The second kappa shape index (κ2) is 7.19. The molecule has 0 fully saturated rings. The molecule has 158 valence electrons. The molecule has 6 rings (SSSR count). The Morgan fingerprint density at radius 3 is 2.66 bits per heavy atom. The number of ether oxygens (including phenoxy) is 2. The Bertz CT molecular complexity index is 1350. The minimum atomic E-state index is -0.535. The SMILES string of the molecule is COc1ccc([C@H]2C3=C(Nc4nnnn42)c2ccccc2O[C@@H]3c2cccc(F)c2)cc1. The van der Waals surface area contributed by atoms with Crippen LogP contribution in [0.4, 0.5) is 10.3 Å². The van der Waals surface area contributed by atoms with Crippen molar-refractivity contribution >= 4 is 11.6 Å². The standard InChI is InChI=1S/C24H18FN5O2/c1-31-17-11-9-14(10-12-17)22-20-21(26-24-27-28-29-30(22)24)18-7-2-3-8-19(18)32-23(20)15-5-4-6-16(25)13-15/h2-13,22-23H,1H3,(H,26,27,29)/t22-,23+/m0/s1. The van der Waals surface area contributed by atoms with Gasteiger partial charge in [0.25, 0.3) is 0 Å². The van der Waals surface area contributed by atoms with E-state index in [-0.39, 0.29) is 11.9 Å². The van der Waals surface area contributed by atoms with Crippen molar-refractivity contribution in [2.45, 2.75) is 12.1 Å². The minimum absolute atomic E-state index is 0.319. The third kappa shape index (κ3) is 2.84. The maximum absolute atomic E-state index is 14.2.